The van der Waals surface area contributed by atoms with Gasteiger partial charge in [-0.3, -0.25) is 19.7 Å². The van der Waals surface area contributed by atoms with Crippen LogP contribution in [0.5, 0.6) is 11.5 Å². The highest BCUT2D eigenvalue weighted by Crippen LogP contribution is 2.44. The highest BCUT2D eigenvalue weighted by atomic mass is 33.5. The summed E-state index contributed by atoms with van der Waals surface area (Å²) in [6, 6.07) is 1.39. The molecular weight excluding hydrogens is 1240 g/mol. The third-order valence-electron chi connectivity index (χ3n) is 15.2. The van der Waals surface area contributed by atoms with Gasteiger partial charge in [-0.1, -0.05) is 71.8 Å². The lowest BCUT2D eigenvalue weighted by molar-refractivity contribution is -0.336. The van der Waals surface area contributed by atoms with E-state index in [9.17, 15) is 34.8 Å². The summed E-state index contributed by atoms with van der Waals surface area (Å²) in [4.78, 5) is 62.5. The van der Waals surface area contributed by atoms with Crippen molar-refractivity contribution in [3.63, 3.8) is 0 Å². The Hall–Kier alpha value is -4.62. The maximum absolute atomic E-state index is 15.6. The Morgan fingerprint density at radius 3 is 2.22 bits per heavy atom. The molecule has 1 aromatic carbocycles. The zero-order valence-electron chi connectivity index (χ0n) is 51.4. The van der Waals surface area contributed by atoms with Crippen molar-refractivity contribution in [1.82, 2.24) is 16.1 Å². The van der Waals surface area contributed by atoms with Gasteiger partial charge in [-0.2, -0.15) is 17.2 Å². The van der Waals surface area contributed by atoms with Gasteiger partial charge in [0.05, 0.1) is 99.8 Å². The van der Waals surface area contributed by atoms with Gasteiger partial charge >= 0.3 is 12.1 Å². The zero-order chi connectivity index (χ0) is 64.9. The van der Waals surface area contributed by atoms with Crippen LogP contribution in [0, 0.1) is 23.7 Å². The molecule has 30 heteroatoms. The number of thioether (sulfide) groups is 1. The van der Waals surface area contributed by atoms with E-state index in [1.54, 1.807) is 20.1 Å². The fraction of sp³-hybridized carbons (Fsp3) is 0.627. The smallest absolute Gasteiger partial charge is 0.411 e. The van der Waals surface area contributed by atoms with Crippen molar-refractivity contribution in [2.45, 2.75) is 175 Å². The maximum Gasteiger partial charge on any atom is 0.411 e. The number of hydrogen-bond acceptors (Lipinski definition) is 28. The fourth-order valence-corrected chi connectivity index (χ4v) is 14.1. The van der Waals surface area contributed by atoms with Gasteiger partial charge in [-0.25, -0.2) is 9.59 Å². The van der Waals surface area contributed by atoms with E-state index < -0.39 is 134 Å². The summed E-state index contributed by atoms with van der Waals surface area (Å²) in [5.74, 6) is 8.60. The number of carbonyl (C=O) groups is 4. The number of ether oxygens (including phenoxy) is 13. The summed E-state index contributed by atoms with van der Waals surface area (Å²) in [5, 5.41) is 56.8. The summed E-state index contributed by atoms with van der Waals surface area (Å²) >= 11 is 1.47. The number of hydrogen-bond donors (Lipinski definition) is 8. The molecule has 2 bridgehead atoms. The van der Waals surface area contributed by atoms with Crippen LogP contribution in [-0.4, -0.2) is 226 Å². The van der Waals surface area contributed by atoms with E-state index in [0.717, 1.165) is 7.11 Å². The number of carbonyl (C=O) groups excluding carboxylic acids is 4. The summed E-state index contributed by atoms with van der Waals surface area (Å²) in [7, 11) is 10.8. The molecule has 492 valence electrons. The molecule has 1 unspecified atom stereocenters. The Morgan fingerprint density at radius 1 is 0.854 bits per heavy atom. The van der Waals surface area contributed by atoms with E-state index in [2.05, 4.69) is 51.7 Å². The Morgan fingerprint density at radius 2 is 1.56 bits per heavy atom. The topological polar surface area (TPSA) is 327 Å². The van der Waals surface area contributed by atoms with Crippen LogP contribution in [0.1, 0.15) is 64.2 Å². The Kier molecular flexibility index (Phi) is 26.9. The third kappa shape index (κ3) is 17.6. The number of aliphatic hydroxyl groups excluding tert-OH is 3. The highest BCUT2D eigenvalue weighted by molar-refractivity contribution is 9.09. The number of anilines is 1. The summed E-state index contributed by atoms with van der Waals surface area (Å²) in [6.45, 7) is 12.6. The number of rotatable bonds is 25. The number of allylic oxidation sites excluding steroid dienone is 2. The van der Waals surface area contributed by atoms with Crippen LogP contribution in [0.15, 0.2) is 59.5 Å². The molecule has 4 saturated heterocycles. The largest absolute Gasteiger partial charge is 0.493 e. The predicted molar refractivity (Wildman–Crippen MR) is 330 cm³/mol. The Bertz CT molecular complexity index is 2890. The monoisotopic (exact) mass is 1320 g/mol. The second-order valence-corrected chi connectivity index (χ2v) is 26.8. The van der Waals surface area contributed by atoms with Gasteiger partial charge in [-0.05, 0) is 55.3 Å². The molecule has 0 spiro atoms. The van der Waals surface area contributed by atoms with Crippen molar-refractivity contribution in [2.75, 3.05) is 65.7 Å². The van der Waals surface area contributed by atoms with Gasteiger partial charge in [0, 0.05) is 61.4 Å². The number of aliphatic hydroxyl groups is 4. The molecular formula is C59H80N4O22S4. The lowest BCUT2D eigenvalue weighted by atomic mass is 9.73. The van der Waals surface area contributed by atoms with Gasteiger partial charge in [-0.15, -0.1) is 0 Å². The number of nitrogens with one attached hydrogen (secondary N) is 4. The number of Topliss-reactive ketones (excluding diaryl/α,β-unsaturated/α-hetero) is 1. The molecule has 26 nitrogen and oxygen atoms in total. The minimum atomic E-state index is -2.66. The first kappa shape index (κ1) is 71.8. The van der Waals surface area contributed by atoms with Gasteiger partial charge < -0.3 is 92.6 Å². The van der Waals surface area contributed by atoms with Crippen molar-refractivity contribution in [1.29, 1.82) is 0 Å². The van der Waals surface area contributed by atoms with E-state index in [1.165, 1.54) is 95.7 Å². The first-order valence-electron chi connectivity index (χ1n) is 28.4. The molecule has 2 aliphatic carbocycles. The highest BCUT2D eigenvalue weighted by Gasteiger charge is 2.57. The fourth-order valence-electron chi connectivity index (χ4n) is 10.8. The number of amides is 2. The molecule has 0 aromatic heterocycles. The SMILES string of the molecule is C=C(OC)C(=O)Nc1cc(OC)c(OC)cc1C(=O)O[C@H]1CC(O[C@@H]2C(=O)C(NC(=O)OC)=C3/C(=C\CSSSC)[C@]2(O)C#C/C=C\C#C[C@@H]3O[C@@H]2O[C@H](C)[C@@H](NO[C@H]3C[C@H](O)[C@H](SC)[C@@H](C)O3)[C@H](O)[C@H]2O[C@H]2C[C@H](OC)[C@@H](NC(C)C)CO2)O[C@@H](C)[C@@H]1O. The molecule has 19 atom stereocenters. The second kappa shape index (κ2) is 33.3. The molecule has 6 aliphatic rings. The zero-order valence-corrected chi connectivity index (χ0v) is 54.6. The average Bonchev–Trinajstić information content (AvgIpc) is 0.971. The van der Waals surface area contributed by atoms with Crippen LogP contribution in [0.3, 0.4) is 0 Å². The van der Waals surface area contributed by atoms with E-state index in [-0.39, 0.29) is 88.3 Å². The van der Waals surface area contributed by atoms with E-state index in [1.807, 2.05) is 33.3 Å². The molecule has 1 aromatic rings. The van der Waals surface area contributed by atoms with Crippen molar-refractivity contribution >= 4 is 72.6 Å². The number of hydroxylamine groups is 1. The molecule has 0 saturated carbocycles. The molecule has 4 heterocycles. The second-order valence-electron chi connectivity index (χ2n) is 21.4. The van der Waals surface area contributed by atoms with E-state index >= 15 is 4.79 Å². The first-order valence-corrected chi connectivity index (χ1v) is 33.8. The quantitative estimate of drug-likeness (QED) is 0.0132. The molecule has 8 N–H and O–H groups in total. The van der Waals surface area contributed by atoms with Crippen molar-refractivity contribution in [3.05, 3.63) is 65.1 Å². The van der Waals surface area contributed by atoms with Crippen LogP contribution in [0.4, 0.5) is 10.5 Å². The Balaban J connectivity index is 1.27. The predicted octanol–water partition coefficient (Wildman–Crippen LogP) is 3.42. The van der Waals surface area contributed by atoms with Gasteiger partial charge in [0.1, 0.15) is 30.5 Å². The van der Waals surface area contributed by atoms with E-state index in [0.29, 0.717) is 0 Å². The number of fused-ring (bicyclic) bond motifs is 2. The number of ketones is 1. The third-order valence-corrected chi connectivity index (χ3v) is 20.2. The van der Waals surface area contributed by atoms with Crippen LogP contribution >= 0.6 is 43.2 Å². The summed E-state index contributed by atoms with van der Waals surface area (Å²) in [5.41, 5.74) is -0.949. The maximum atomic E-state index is 15.6. The van der Waals surface area contributed by atoms with Crippen LogP contribution < -0.4 is 30.9 Å². The first-order chi connectivity index (χ1) is 42.5. The molecule has 4 aliphatic heterocycles. The molecule has 7 rings (SSSR count). The van der Waals surface area contributed by atoms with Crippen molar-refractivity contribution < 1.29 is 106 Å². The van der Waals surface area contributed by atoms with Crippen molar-refractivity contribution in [2.24, 2.45) is 0 Å². The van der Waals surface area contributed by atoms with E-state index in [4.69, 9.17) is 66.4 Å². The minimum absolute atomic E-state index is 0.0843. The van der Waals surface area contributed by atoms with Gasteiger partial charge in [0.2, 0.25) is 5.78 Å². The van der Waals surface area contributed by atoms with Crippen LogP contribution in [0.2, 0.25) is 0 Å². The van der Waals surface area contributed by atoms with Crippen molar-refractivity contribution in [3.8, 4) is 35.2 Å². The number of alkyl carbamates (subject to hydrolysis) is 1. The molecule has 4 fully saturated rings. The number of benzene rings is 1. The standard InChI is InChI=1S/C59H80N4O22S4/c1-28(2)60-36-27-77-43(25-39(36)73-8)83-52-50(66)47(63-85-45-24-37(64)53(86-12)31(5)79-45)29(3)80-57(52)82-38-18-16-14-15-17-20-59(71)34(19-21-88-89-87-13)46(38)48(62-58(70)76-11)51(67)54(59)84-44-26-42(49(65)30(4)78-44)81-56(69)33-22-40(74-9)41(75-10)23-35(33)61-55(68)32(6)72-7/h14-15,19,22-23,28-31,36-39,42-45,47,49-50,52-54,57,60,63-66,71H,6,21,24-27H2,1-5,7-13H3,(H,61,68)(H,62,70)/b15-14-,34-19+/t29-,30+,31-,36+,37+,38+,39+,42+,43+,44?,45+,47-,49+,50+,52-,53-,54-,57+,59-/m1/s1. The minimum Gasteiger partial charge on any atom is -0.493 e. The number of methoxy groups -OCH3 is 5. The Labute approximate surface area is 533 Å². The van der Waals surface area contributed by atoms with Gasteiger partial charge in [0.25, 0.3) is 5.91 Å². The summed E-state index contributed by atoms with van der Waals surface area (Å²) < 4.78 is 77.9. The molecule has 0 radical (unpaired) electrons. The lowest BCUT2D eigenvalue weighted by Crippen LogP contribution is -2.65. The normalized spacial score (nSPS) is 34.4. The lowest BCUT2D eigenvalue weighted by Gasteiger charge is -2.47. The number of esters is 1. The van der Waals surface area contributed by atoms with Crippen LogP contribution in [0.25, 0.3) is 0 Å². The van der Waals surface area contributed by atoms with Gasteiger partial charge in [0.15, 0.2) is 54.1 Å². The molecule has 89 heavy (non-hydrogen) atoms. The summed E-state index contributed by atoms with van der Waals surface area (Å²) in [6.07, 6.45) is -11.7. The molecule has 2 amide bonds. The van der Waals surface area contributed by atoms with Crippen LogP contribution in [-0.2, 0) is 66.5 Å². The average molecular weight is 1330 g/mol.